The molecule has 0 spiro atoms. The van der Waals surface area contributed by atoms with Crippen molar-refractivity contribution in [3.63, 3.8) is 0 Å². The highest BCUT2D eigenvalue weighted by Gasteiger charge is 2.34. The number of phosphoric acid groups is 1. The second-order valence-electron chi connectivity index (χ2n) is 2.90. The summed E-state index contributed by atoms with van der Waals surface area (Å²) in [5.74, 6) is 0. The van der Waals surface area contributed by atoms with Crippen LogP contribution in [0.1, 0.15) is 19.8 Å². The molecule has 0 aliphatic carbocycles. The third kappa shape index (κ3) is 3.04. The van der Waals surface area contributed by atoms with Gasteiger partial charge in [0.1, 0.15) is 0 Å². The first-order valence-electron chi connectivity index (χ1n) is 4.27. The smallest absolute Gasteiger partial charge is 0.375 e. The number of ether oxygens (including phenoxy) is 1. The lowest BCUT2D eigenvalue weighted by atomic mass is 10.1. The molecule has 1 unspecified atom stereocenters. The topological polar surface area (TPSA) is 65.0 Å². The van der Waals surface area contributed by atoms with Gasteiger partial charge in [-0.3, -0.25) is 9.05 Å². The monoisotopic (exact) mass is 210 g/mol. The van der Waals surface area contributed by atoms with Gasteiger partial charge in [0.2, 0.25) is 0 Å². The minimum Gasteiger partial charge on any atom is -0.375 e. The maximum atomic E-state index is 11.1. The van der Waals surface area contributed by atoms with Crippen LogP contribution >= 0.6 is 7.82 Å². The summed E-state index contributed by atoms with van der Waals surface area (Å²) in [5, 5.41) is 0. The van der Waals surface area contributed by atoms with Crippen molar-refractivity contribution < 1.29 is 23.2 Å². The van der Waals surface area contributed by atoms with E-state index in [0.717, 1.165) is 13.5 Å². The molecule has 1 heterocycles. The van der Waals surface area contributed by atoms with E-state index in [1.165, 1.54) is 0 Å². The molecule has 3 atom stereocenters. The van der Waals surface area contributed by atoms with Crippen LogP contribution < -0.4 is 0 Å². The zero-order chi connectivity index (χ0) is 9.90. The van der Waals surface area contributed by atoms with Gasteiger partial charge in [-0.05, 0) is 6.42 Å². The van der Waals surface area contributed by atoms with E-state index in [0.29, 0.717) is 13.0 Å². The lowest BCUT2D eigenvalue weighted by molar-refractivity contribution is 0.0334. The Morgan fingerprint density at radius 3 is 2.92 bits per heavy atom. The van der Waals surface area contributed by atoms with E-state index in [-0.39, 0.29) is 12.2 Å². The predicted molar refractivity (Wildman–Crippen MR) is 46.4 cm³/mol. The van der Waals surface area contributed by atoms with Gasteiger partial charge in [-0.2, -0.15) is 0 Å². The lowest BCUT2D eigenvalue weighted by Gasteiger charge is -2.19. The first kappa shape index (κ1) is 11.1. The molecule has 1 rings (SSSR count). The van der Waals surface area contributed by atoms with Gasteiger partial charge in [0, 0.05) is 20.1 Å². The second kappa shape index (κ2) is 4.53. The van der Waals surface area contributed by atoms with Gasteiger partial charge < -0.3 is 9.63 Å². The van der Waals surface area contributed by atoms with E-state index >= 15 is 0 Å². The number of phosphoric ester groups is 1. The molecule has 0 aromatic rings. The predicted octanol–water partition coefficient (Wildman–Crippen LogP) is 1.32. The maximum Gasteiger partial charge on any atom is 0.472 e. The zero-order valence-electron chi connectivity index (χ0n) is 7.80. The molecule has 0 radical (unpaired) electrons. The summed E-state index contributed by atoms with van der Waals surface area (Å²) in [4.78, 5) is 9.05. The fraction of sp³-hybridized carbons (Fsp3) is 1.00. The zero-order valence-corrected chi connectivity index (χ0v) is 8.70. The van der Waals surface area contributed by atoms with Gasteiger partial charge in [-0.1, -0.05) is 6.92 Å². The Morgan fingerprint density at radius 2 is 2.38 bits per heavy atom. The highest BCUT2D eigenvalue weighted by molar-refractivity contribution is 7.47. The van der Waals surface area contributed by atoms with Gasteiger partial charge in [-0.25, -0.2) is 4.57 Å². The summed E-state index contributed by atoms with van der Waals surface area (Å²) >= 11 is 0. The first-order valence-corrected chi connectivity index (χ1v) is 5.77. The molecule has 6 heteroatoms. The van der Waals surface area contributed by atoms with Crippen molar-refractivity contribution in [3.8, 4) is 0 Å². The van der Waals surface area contributed by atoms with Crippen LogP contribution in [-0.2, 0) is 18.3 Å². The first-order chi connectivity index (χ1) is 6.09. The minimum atomic E-state index is -3.85. The molecular weight excluding hydrogens is 195 g/mol. The molecule has 13 heavy (non-hydrogen) atoms. The van der Waals surface area contributed by atoms with Gasteiger partial charge in [0.15, 0.2) is 0 Å². The van der Waals surface area contributed by atoms with Gasteiger partial charge >= 0.3 is 7.82 Å². The molecule has 0 aromatic carbocycles. The molecule has 0 aromatic heterocycles. The molecule has 1 N–H and O–H groups in total. The molecule has 1 saturated heterocycles. The molecular formula is C7H15O5P. The van der Waals surface area contributed by atoms with Crippen LogP contribution in [0.4, 0.5) is 0 Å². The van der Waals surface area contributed by atoms with Gasteiger partial charge in [-0.15, -0.1) is 0 Å². The van der Waals surface area contributed by atoms with E-state index in [1.807, 2.05) is 6.92 Å². The highest BCUT2D eigenvalue weighted by atomic mass is 31.2. The number of rotatable bonds is 4. The van der Waals surface area contributed by atoms with Crippen LogP contribution in [0.2, 0.25) is 0 Å². The molecule has 1 aliphatic heterocycles. The average molecular weight is 210 g/mol. The van der Waals surface area contributed by atoms with E-state index < -0.39 is 7.82 Å². The minimum absolute atomic E-state index is 0.0874. The normalized spacial score (nSPS) is 33.2. The van der Waals surface area contributed by atoms with E-state index in [1.54, 1.807) is 0 Å². The van der Waals surface area contributed by atoms with E-state index in [2.05, 4.69) is 4.52 Å². The van der Waals surface area contributed by atoms with Crippen LogP contribution in [0.15, 0.2) is 0 Å². The Bertz CT molecular complexity index is 207. The van der Waals surface area contributed by atoms with Crippen molar-refractivity contribution in [3.05, 3.63) is 0 Å². The van der Waals surface area contributed by atoms with E-state index in [9.17, 15) is 4.57 Å². The van der Waals surface area contributed by atoms with Crippen molar-refractivity contribution in [2.45, 2.75) is 32.0 Å². The SMILES string of the molecule is CC[C@H]1OCC[C@@H]1OP(=O)(O)OC. The van der Waals surface area contributed by atoms with Crippen LogP contribution in [0, 0.1) is 0 Å². The van der Waals surface area contributed by atoms with Crippen molar-refractivity contribution in [1.82, 2.24) is 0 Å². The average Bonchev–Trinajstić information content (AvgIpc) is 2.51. The fourth-order valence-corrected chi connectivity index (χ4v) is 2.01. The Kier molecular flexibility index (Phi) is 3.88. The molecule has 0 bridgehead atoms. The number of hydrogen-bond acceptors (Lipinski definition) is 4. The van der Waals surface area contributed by atoms with Crippen molar-refractivity contribution >= 4 is 7.82 Å². The second-order valence-corrected chi connectivity index (χ2v) is 4.41. The van der Waals surface area contributed by atoms with Crippen molar-refractivity contribution in [2.75, 3.05) is 13.7 Å². The standard InChI is InChI=1S/C7H15O5P/c1-3-6-7(4-5-11-6)12-13(8,9)10-2/h6-7H,3-5H2,1-2H3,(H,8,9)/t6-,7+/m1/s1. The van der Waals surface area contributed by atoms with Crippen LogP contribution in [0.3, 0.4) is 0 Å². The third-order valence-corrected chi connectivity index (χ3v) is 3.05. The number of hydrogen-bond donors (Lipinski definition) is 1. The van der Waals surface area contributed by atoms with Crippen LogP contribution in [0.5, 0.6) is 0 Å². The molecule has 1 aliphatic rings. The van der Waals surface area contributed by atoms with E-state index in [4.69, 9.17) is 14.2 Å². The van der Waals surface area contributed by atoms with Crippen LogP contribution in [-0.4, -0.2) is 30.8 Å². The van der Waals surface area contributed by atoms with Crippen LogP contribution in [0.25, 0.3) is 0 Å². The van der Waals surface area contributed by atoms with Crippen molar-refractivity contribution in [2.24, 2.45) is 0 Å². The molecule has 78 valence electrons. The van der Waals surface area contributed by atoms with Crippen molar-refractivity contribution in [1.29, 1.82) is 0 Å². The quantitative estimate of drug-likeness (QED) is 0.709. The maximum absolute atomic E-state index is 11.1. The summed E-state index contributed by atoms with van der Waals surface area (Å²) in [7, 11) is -2.70. The largest absolute Gasteiger partial charge is 0.472 e. The highest BCUT2D eigenvalue weighted by Crippen LogP contribution is 2.45. The van der Waals surface area contributed by atoms with Gasteiger partial charge in [0.05, 0.1) is 12.2 Å². The molecule has 0 saturated carbocycles. The molecule has 1 fully saturated rings. The lowest BCUT2D eigenvalue weighted by Crippen LogP contribution is -2.22. The third-order valence-electron chi connectivity index (χ3n) is 2.05. The summed E-state index contributed by atoms with van der Waals surface area (Å²) in [5.41, 5.74) is 0. The summed E-state index contributed by atoms with van der Waals surface area (Å²) in [6.07, 6.45) is 1.01. The fourth-order valence-electron chi connectivity index (χ4n) is 1.34. The summed E-state index contributed by atoms with van der Waals surface area (Å²) in [6, 6.07) is 0. The Balaban J connectivity index is 2.48. The Morgan fingerprint density at radius 1 is 1.69 bits per heavy atom. The Labute approximate surface area is 77.6 Å². The summed E-state index contributed by atoms with van der Waals surface area (Å²) < 4.78 is 25.6. The van der Waals surface area contributed by atoms with Gasteiger partial charge in [0.25, 0.3) is 0 Å². The molecule has 5 nitrogen and oxygen atoms in total. The summed E-state index contributed by atoms with van der Waals surface area (Å²) in [6.45, 7) is 2.52. The Hall–Kier alpha value is 0.0700. The molecule has 0 amide bonds.